The number of thioether (sulfide) groups is 1. The monoisotopic (exact) mass is 345 g/mol. The number of amides is 1. The quantitative estimate of drug-likeness (QED) is 0.746. The summed E-state index contributed by atoms with van der Waals surface area (Å²) in [6.45, 7) is 3.89. The Labute approximate surface area is 127 Å². The first-order chi connectivity index (χ1) is 9.04. The molecule has 2 atom stereocenters. The molecule has 2 unspecified atom stereocenters. The van der Waals surface area contributed by atoms with Crippen molar-refractivity contribution in [2.45, 2.75) is 32.4 Å². The number of benzene rings is 1. The van der Waals surface area contributed by atoms with Crippen molar-refractivity contribution in [3.8, 4) is 0 Å². The van der Waals surface area contributed by atoms with Gasteiger partial charge in [0, 0.05) is 16.6 Å². The molecule has 0 aromatic heterocycles. The Morgan fingerprint density at radius 2 is 2.05 bits per heavy atom. The lowest BCUT2D eigenvalue weighted by Crippen LogP contribution is -2.37. The van der Waals surface area contributed by atoms with Gasteiger partial charge in [-0.15, -0.1) is 0 Å². The molecule has 19 heavy (non-hydrogen) atoms. The largest absolute Gasteiger partial charge is 0.386 e. The van der Waals surface area contributed by atoms with Gasteiger partial charge in [-0.1, -0.05) is 35.0 Å². The Kier molecular flexibility index (Phi) is 7.49. The van der Waals surface area contributed by atoms with Gasteiger partial charge in [0.05, 0.1) is 12.1 Å². The van der Waals surface area contributed by atoms with Crippen molar-refractivity contribution in [3.05, 3.63) is 34.3 Å². The second kappa shape index (κ2) is 8.61. The van der Waals surface area contributed by atoms with Gasteiger partial charge in [-0.25, -0.2) is 0 Å². The van der Waals surface area contributed by atoms with Crippen LogP contribution in [0, 0.1) is 0 Å². The second-order valence-corrected chi connectivity index (χ2v) is 6.61. The van der Waals surface area contributed by atoms with Crippen LogP contribution in [-0.2, 0) is 4.79 Å². The molecule has 106 valence electrons. The molecule has 0 aliphatic heterocycles. The van der Waals surface area contributed by atoms with E-state index in [-0.39, 0.29) is 11.9 Å². The summed E-state index contributed by atoms with van der Waals surface area (Å²) >= 11 is 5.09. The molecule has 0 saturated carbocycles. The van der Waals surface area contributed by atoms with Crippen molar-refractivity contribution >= 4 is 33.6 Å². The third-order valence-electron chi connectivity index (χ3n) is 2.75. The molecule has 3 nitrogen and oxygen atoms in total. The zero-order valence-corrected chi connectivity index (χ0v) is 13.6. The topological polar surface area (TPSA) is 49.3 Å². The van der Waals surface area contributed by atoms with Gasteiger partial charge in [0.1, 0.15) is 0 Å². The maximum atomic E-state index is 11.7. The van der Waals surface area contributed by atoms with Gasteiger partial charge < -0.3 is 10.4 Å². The first-order valence-electron chi connectivity index (χ1n) is 6.35. The average molecular weight is 346 g/mol. The van der Waals surface area contributed by atoms with E-state index in [1.165, 1.54) is 0 Å². The summed E-state index contributed by atoms with van der Waals surface area (Å²) in [5, 5.41) is 13.0. The van der Waals surface area contributed by atoms with Crippen LogP contribution < -0.4 is 5.32 Å². The fourth-order valence-electron chi connectivity index (χ4n) is 1.66. The van der Waals surface area contributed by atoms with Crippen molar-refractivity contribution in [3.63, 3.8) is 0 Å². The van der Waals surface area contributed by atoms with Crippen molar-refractivity contribution in [2.75, 3.05) is 11.5 Å². The number of aliphatic hydroxyl groups excluding tert-OH is 1. The minimum Gasteiger partial charge on any atom is -0.386 e. The van der Waals surface area contributed by atoms with E-state index >= 15 is 0 Å². The fourth-order valence-corrected chi connectivity index (χ4v) is 2.55. The molecule has 0 heterocycles. The van der Waals surface area contributed by atoms with E-state index in [1.807, 2.05) is 31.2 Å². The summed E-state index contributed by atoms with van der Waals surface area (Å²) < 4.78 is 0.969. The maximum Gasteiger partial charge on any atom is 0.221 e. The van der Waals surface area contributed by atoms with E-state index in [4.69, 9.17) is 0 Å². The Bertz CT molecular complexity index is 397. The third kappa shape index (κ3) is 5.97. The Hall–Kier alpha value is -0.520. The SMILES string of the molecule is CCSCCC(=O)NC(C)C(O)c1ccc(Br)cc1. The standard InChI is InChI=1S/C14H20BrNO2S/c1-3-19-9-8-13(17)16-10(2)14(18)11-4-6-12(15)7-5-11/h4-7,10,14,18H,3,8-9H2,1-2H3,(H,16,17). The first-order valence-corrected chi connectivity index (χ1v) is 8.30. The van der Waals surface area contributed by atoms with Crippen LogP contribution in [0.25, 0.3) is 0 Å². The predicted octanol–water partition coefficient (Wildman–Crippen LogP) is 3.13. The van der Waals surface area contributed by atoms with Crippen molar-refractivity contribution in [2.24, 2.45) is 0 Å². The zero-order chi connectivity index (χ0) is 14.3. The van der Waals surface area contributed by atoms with Gasteiger partial charge in [0.25, 0.3) is 0 Å². The Morgan fingerprint density at radius 1 is 1.42 bits per heavy atom. The molecule has 1 amide bonds. The Morgan fingerprint density at radius 3 is 2.63 bits per heavy atom. The molecule has 0 spiro atoms. The molecule has 1 aromatic carbocycles. The van der Waals surface area contributed by atoms with Crippen molar-refractivity contribution in [1.29, 1.82) is 0 Å². The highest BCUT2D eigenvalue weighted by Gasteiger charge is 2.18. The molecule has 0 saturated heterocycles. The number of carbonyl (C=O) groups excluding carboxylic acids is 1. The highest BCUT2D eigenvalue weighted by molar-refractivity contribution is 9.10. The van der Waals surface area contributed by atoms with Crippen LogP contribution >= 0.6 is 27.7 Å². The average Bonchev–Trinajstić information content (AvgIpc) is 2.39. The second-order valence-electron chi connectivity index (χ2n) is 4.30. The molecule has 2 N–H and O–H groups in total. The van der Waals surface area contributed by atoms with Crippen molar-refractivity contribution in [1.82, 2.24) is 5.32 Å². The minimum atomic E-state index is -0.684. The van der Waals surface area contributed by atoms with Crippen LogP contribution in [0.15, 0.2) is 28.7 Å². The van der Waals surface area contributed by atoms with E-state index in [2.05, 4.69) is 28.2 Å². The smallest absolute Gasteiger partial charge is 0.221 e. The van der Waals surface area contributed by atoms with E-state index in [0.717, 1.165) is 21.5 Å². The molecular formula is C14H20BrNO2S. The first kappa shape index (κ1) is 16.5. The van der Waals surface area contributed by atoms with Gasteiger partial charge in [0.2, 0.25) is 5.91 Å². The summed E-state index contributed by atoms with van der Waals surface area (Å²) in [5.41, 5.74) is 0.805. The van der Waals surface area contributed by atoms with Gasteiger partial charge in [-0.3, -0.25) is 4.79 Å². The molecule has 1 aromatic rings. The number of nitrogens with one attached hydrogen (secondary N) is 1. The summed E-state index contributed by atoms with van der Waals surface area (Å²) in [6.07, 6.45) is -0.188. The van der Waals surface area contributed by atoms with Crippen LogP contribution in [0.5, 0.6) is 0 Å². The Balaban J connectivity index is 2.46. The number of rotatable bonds is 7. The molecular weight excluding hydrogens is 326 g/mol. The lowest BCUT2D eigenvalue weighted by Gasteiger charge is -2.20. The van der Waals surface area contributed by atoms with Gasteiger partial charge >= 0.3 is 0 Å². The van der Waals surface area contributed by atoms with Crippen LogP contribution in [0.2, 0.25) is 0 Å². The highest BCUT2D eigenvalue weighted by atomic mass is 79.9. The number of hydrogen-bond donors (Lipinski definition) is 2. The van der Waals surface area contributed by atoms with E-state index in [0.29, 0.717) is 6.42 Å². The number of halogens is 1. The highest BCUT2D eigenvalue weighted by Crippen LogP contribution is 2.19. The molecule has 5 heteroatoms. The molecule has 0 radical (unpaired) electrons. The van der Waals surface area contributed by atoms with Crippen LogP contribution in [0.3, 0.4) is 0 Å². The molecule has 0 bridgehead atoms. The van der Waals surface area contributed by atoms with E-state index < -0.39 is 6.10 Å². The fraction of sp³-hybridized carbons (Fsp3) is 0.500. The summed E-state index contributed by atoms with van der Waals surface area (Å²) in [4.78, 5) is 11.7. The number of hydrogen-bond acceptors (Lipinski definition) is 3. The zero-order valence-electron chi connectivity index (χ0n) is 11.2. The maximum absolute atomic E-state index is 11.7. The summed E-state index contributed by atoms with van der Waals surface area (Å²) in [6, 6.07) is 7.17. The minimum absolute atomic E-state index is 0.00962. The number of carbonyl (C=O) groups is 1. The lowest BCUT2D eigenvalue weighted by atomic mass is 10.0. The molecule has 0 fully saturated rings. The van der Waals surface area contributed by atoms with Crippen LogP contribution in [-0.4, -0.2) is 28.6 Å². The van der Waals surface area contributed by atoms with Gasteiger partial charge in [-0.2, -0.15) is 11.8 Å². The number of aliphatic hydroxyl groups is 1. The van der Waals surface area contributed by atoms with E-state index in [1.54, 1.807) is 11.8 Å². The van der Waals surface area contributed by atoms with Gasteiger partial charge in [-0.05, 0) is 30.4 Å². The normalized spacial score (nSPS) is 13.9. The summed E-state index contributed by atoms with van der Waals surface area (Å²) in [7, 11) is 0. The molecule has 0 aliphatic carbocycles. The van der Waals surface area contributed by atoms with E-state index in [9.17, 15) is 9.90 Å². The van der Waals surface area contributed by atoms with Crippen LogP contribution in [0.1, 0.15) is 31.9 Å². The van der Waals surface area contributed by atoms with Crippen molar-refractivity contribution < 1.29 is 9.90 Å². The van der Waals surface area contributed by atoms with Crippen LogP contribution in [0.4, 0.5) is 0 Å². The molecule has 0 aliphatic rings. The summed E-state index contributed by atoms with van der Waals surface area (Å²) in [5.74, 6) is 1.83. The van der Waals surface area contributed by atoms with Gasteiger partial charge in [0.15, 0.2) is 0 Å². The molecule has 1 rings (SSSR count). The lowest BCUT2D eigenvalue weighted by molar-refractivity contribution is -0.122. The predicted molar refractivity (Wildman–Crippen MR) is 84.3 cm³/mol. The third-order valence-corrected chi connectivity index (χ3v) is 4.18.